The van der Waals surface area contributed by atoms with Crippen molar-refractivity contribution < 1.29 is 0 Å². The number of unbranched alkanes of at least 4 members (excludes halogenated alkanes) is 1. The molecule has 0 spiro atoms. The van der Waals surface area contributed by atoms with E-state index in [2.05, 4.69) is 41.5 Å². The molecule has 0 amide bonds. The monoisotopic (exact) mass is 240 g/mol. The van der Waals surface area contributed by atoms with E-state index in [1.807, 2.05) is 24.5 Å². The van der Waals surface area contributed by atoms with Gasteiger partial charge in [0.15, 0.2) is 0 Å². The summed E-state index contributed by atoms with van der Waals surface area (Å²) in [5.74, 6) is 0. The van der Waals surface area contributed by atoms with Crippen molar-refractivity contribution in [3.05, 3.63) is 59.9 Å². The molecule has 0 aliphatic carbocycles. The van der Waals surface area contributed by atoms with Gasteiger partial charge in [-0.15, -0.1) is 0 Å². The third-order valence-electron chi connectivity index (χ3n) is 3.02. The minimum Gasteiger partial charge on any atom is -0.381 e. The van der Waals surface area contributed by atoms with Gasteiger partial charge in [0.2, 0.25) is 0 Å². The molecule has 0 atom stereocenters. The van der Waals surface area contributed by atoms with Crippen molar-refractivity contribution in [3.63, 3.8) is 0 Å². The summed E-state index contributed by atoms with van der Waals surface area (Å²) in [4.78, 5) is 4.01. The number of anilines is 1. The molecule has 0 saturated heterocycles. The minimum absolute atomic E-state index is 0.844. The molecule has 0 aliphatic heterocycles. The smallest absolute Gasteiger partial charge is 0.0401 e. The molecule has 1 heterocycles. The van der Waals surface area contributed by atoms with Crippen LogP contribution in [0.15, 0.2) is 48.8 Å². The average molecular weight is 240 g/mol. The van der Waals surface area contributed by atoms with Gasteiger partial charge in [-0.1, -0.05) is 25.5 Å². The van der Waals surface area contributed by atoms with Gasteiger partial charge in [-0.2, -0.15) is 0 Å². The number of benzene rings is 1. The van der Waals surface area contributed by atoms with E-state index in [9.17, 15) is 0 Å². The van der Waals surface area contributed by atoms with Crippen molar-refractivity contribution in [2.45, 2.75) is 32.7 Å². The number of nitrogens with one attached hydrogen (secondary N) is 1. The molecule has 2 heteroatoms. The first-order valence-electron chi connectivity index (χ1n) is 6.60. The number of hydrogen-bond donors (Lipinski definition) is 1. The first-order valence-corrected chi connectivity index (χ1v) is 6.60. The van der Waals surface area contributed by atoms with Crippen LogP contribution >= 0.6 is 0 Å². The van der Waals surface area contributed by atoms with E-state index in [4.69, 9.17) is 0 Å². The summed E-state index contributed by atoms with van der Waals surface area (Å²) in [7, 11) is 0. The second kappa shape index (κ2) is 6.80. The van der Waals surface area contributed by atoms with Gasteiger partial charge in [-0.05, 0) is 48.2 Å². The van der Waals surface area contributed by atoms with Crippen LogP contribution in [0.1, 0.15) is 30.9 Å². The van der Waals surface area contributed by atoms with Gasteiger partial charge in [-0.25, -0.2) is 0 Å². The van der Waals surface area contributed by atoms with Crippen molar-refractivity contribution in [1.82, 2.24) is 4.98 Å². The molecule has 0 radical (unpaired) electrons. The van der Waals surface area contributed by atoms with Crippen LogP contribution < -0.4 is 5.32 Å². The van der Waals surface area contributed by atoms with Gasteiger partial charge in [0.25, 0.3) is 0 Å². The van der Waals surface area contributed by atoms with Crippen LogP contribution in [-0.2, 0) is 13.0 Å². The predicted octanol–water partition coefficient (Wildman–Crippen LogP) is 4.04. The Hall–Kier alpha value is -1.83. The lowest BCUT2D eigenvalue weighted by atomic mass is 10.1. The molecular formula is C16H20N2. The van der Waals surface area contributed by atoms with Crippen LogP contribution in [0.25, 0.3) is 0 Å². The van der Waals surface area contributed by atoms with Gasteiger partial charge >= 0.3 is 0 Å². The van der Waals surface area contributed by atoms with E-state index in [-0.39, 0.29) is 0 Å². The lowest BCUT2D eigenvalue weighted by Crippen LogP contribution is -1.99. The SMILES string of the molecule is CCCCc1ccc(NCc2ccncc2)cc1. The average Bonchev–Trinajstić information content (AvgIpc) is 2.45. The second-order valence-electron chi connectivity index (χ2n) is 4.51. The fraction of sp³-hybridized carbons (Fsp3) is 0.312. The van der Waals surface area contributed by atoms with Crippen LogP contribution in [0.3, 0.4) is 0 Å². The Morgan fingerprint density at radius 1 is 0.944 bits per heavy atom. The van der Waals surface area contributed by atoms with E-state index < -0.39 is 0 Å². The molecule has 0 fully saturated rings. The highest BCUT2D eigenvalue weighted by molar-refractivity contribution is 5.45. The largest absolute Gasteiger partial charge is 0.381 e. The first-order chi connectivity index (χ1) is 8.88. The van der Waals surface area contributed by atoms with Crippen molar-refractivity contribution in [1.29, 1.82) is 0 Å². The standard InChI is InChI=1S/C16H20N2/c1-2-3-4-14-5-7-16(8-6-14)18-13-15-9-11-17-12-10-15/h5-12,18H,2-4,13H2,1H3. The molecule has 2 aromatic rings. The van der Waals surface area contributed by atoms with E-state index in [1.165, 1.54) is 36.1 Å². The molecule has 1 N–H and O–H groups in total. The molecule has 0 bridgehead atoms. The third-order valence-corrected chi connectivity index (χ3v) is 3.02. The Kier molecular flexibility index (Phi) is 4.77. The highest BCUT2D eigenvalue weighted by Gasteiger charge is 1.95. The van der Waals surface area contributed by atoms with Crippen molar-refractivity contribution in [2.24, 2.45) is 0 Å². The maximum absolute atomic E-state index is 4.01. The number of rotatable bonds is 6. The molecule has 0 saturated carbocycles. The Morgan fingerprint density at radius 3 is 2.33 bits per heavy atom. The summed E-state index contributed by atoms with van der Waals surface area (Å²) in [5, 5.41) is 3.42. The Labute approximate surface area is 109 Å². The van der Waals surface area contributed by atoms with Crippen LogP contribution in [0, 0.1) is 0 Å². The lowest BCUT2D eigenvalue weighted by Gasteiger charge is -2.07. The summed E-state index contributed by atoms with van der Waals surface area (Å²) >= 11 is 0. The van der Waals surface area contributed by atoms with Crippen LogP contribution in [-0.4, -0.2) is 4.98 Å². The number of pyridine rings is 1. The minimum atomic E-state index is 0.844. The summed E-state index contributed by atoms with van der Waals surface area (Å²) < 4.78 is 0. The summed E-state index contributed by atoms with van der Waals surface area (Å²) in [6, 6.07) is 12.8. The summed E-state index contributed by atoms with van der Waals surface area (Å²) in [6.07, 6.45) is 7.35. The fourth-order valence-electron chi connectivity index (χ4n) is 1.87. The lowest BCUT2D eigenvalue weighted by molar-refractivity contribution is 0.795. The Balaban J connectivity index is 1.86. The summed E-state index contributed by atoms with van der Waals surface area (Å²) in [5.41, 5.74) is 3.85. The van der Waals surface area contributed by atoms with Crippen LogP contribution in [0.4, 0.5) is 5.69 Å². The molecule has 18 heavy (non-hydrogen) atoms. The second-order valence-corrected chi connectivity index (χ2v) is 4.51. The summed E-state index contributed by atoms with van der Waals surface area (Å²) in [6.45, 7) is 3.07. The molecule has 0 unspecified atom stereocenters. The maximum Gasteiger partial charge on any atom is 0.0401 e. The topological polar surface area (TPSA) is 24.9 Å². The molecule has 2 rings (SSSR count). The van der Waals surface area contributed by atoms with Crippen molar-refractivity contribution in [2.75, 3.05) is 5.32 Å². The van der Waals surface area contributed by atoms with Crippen molar-refractivity contribution >= 4 is 5.69 Å². The van der Waals surface area contributed by atoms with Crippen LogP contribution in [0.2, 0.25) is 0 Å². The van der Waals surface area contributed by atoms with Gasteiger partial charge in [0.1, 0.15) is 0 Å². The Morgan fingerprint density at radius 2 is 1.67 bits per heavy atom. The molecule has 2 nitrogen and oxygen atoms in total. The van der Waals surface area contributed by atoms with Crippen molar-refractivity contribution in [3.8, 4) is 0 Å². The zero-order valence-corrected chi connectivity index (χ0v) is 10.9. The number of aryl methyl sites for hydroxylation is 1. The molecule has 1 aromatic carbocycles. The van der Waals surface area contributed by atoms with Gasteiger partial charge in [-0.3, -0.25) is 4.98 Å². The predicted molar refractivity (Wildman–Crippen MR) is 76.6 cm³/mol. The molecular weight excluding hydrogens is 220 g/mol. The first kappa shape index (κ1) is 12.6. The van der Waals surface area contributed by atoms with Crippen LogP contribution in [0.5, 0.6) is 0 Å². The third kappa shape index (κ3) is 3.88. The van der Waals surface area contributed by atoms with Gasteiger partial charge < -0.3 is 5.32 Å². The number of hydrogen-bond acceptors (Lipinski definition) is 2. The van der Waals surface area contributed by atoms with E-state index in [0.29, 0.717) is 0 Å². The van der Waals surface area contributed by atoms with E-state index in [1.54, 1.807) is 0 Å². The van der Waals surface area contributed by atoms with E-state index in [0.717, 1.165) is 6.54 Å². The highest BCUT2D eigenvalue weighted by atomic mass is 14.9. The fourth-order valence-corrected chi connectivity index (χ4v) is 1.87. The quantitative estimate of drug-likeness (QED) is 0.824. The molecule has 94 valence electrons. The van der Waals surface area contributed by atoms with Gasteiger partial charge in [0.05, 0.1) is 0 Å². The number of aromatic nitrogens is 1. The number of nitrogens with zero attached hydrogens (tertiary/aromatic N) is 1. The van der Waals surface area contributed by atoms with E-state index >= 15 is 0 Å². The van der Waals surface area contributed by atoms with Gasteiger partial charge in [0, 0.05) is 24.6 Å². The zero-order chi connectivity index (χ0) is 12.6. The Bertz CT molecular complexity index is 448. The molecule has 0 aliphatic rings. The normalized spacial score (nSPS) is 10.3. The molecule has 1 aromatic heterocycles. The highest BCUT2D eigenvalue weighted by Crippen LogP contribution is 2.12. The zero-order valence-electron chi connectivity index (χ0n) is 10.9. The maximum atomic E-state index is 4.01.